The van der Waals surface area contributed by atoms with Crippen LogP contribution < -0.4 is 4.90 Å². The van der Waals surface area contributed by atoms with Gasteiger partial charge in [0.25, 0.3) is 0 Å². The van der Waals surface area contributed by atoms with Crippen LogP contribution in [0.4, 0.5) is 11.4 Å². The van der Waals surface area contributed by atoms with E-state index in [-0.39, 0.29) is 11.5 Å². The summed E-state index contributed by atoms with van der Waals surface area (Å²) in [6, 6.07) is 76.0. The van der Waals surface area contributed by atoms with Crippen LogP contribution in [0.5, 0.6) is 0 Å². The lowest BCUT2D eigenvalue weighted by Gasteiger charge is -2.37. The lowest BCUT2D eigenvalue weighted by atomic mass is 9.67. The second kappa shape index (κ2) is 14.2. The zero-order valence-electron chi connectivity index (χ0n) is 35.3. The minimum atomic E-state index is -0.481. The molecule has 0 saturated heterocycles. The number of rotatable bonds is 6. The van der Waals surface area contributed by atoms with Gasteiger partial charge in [0.2, 0.25) is 0 Å². The summed E-state index contributed by atoms with van der Waals surface area (Å²) in [4.78, 5) is 2.68. The Kier molecular flexibility index (Phi) is 8.19. The van der Waals surface area contributed by atoms with Crippen LogP contribution in [0.1, 0.15) is 71.0 Å². The van der Waals surface area contributed by atoms with E-state index < -0.39 is 5.41 Å². The summed E-state index contributed by atoms with van der Waals surface area (Å²) < 4.78 is 0. The van der Waals surface area contributed by atoms with Gasteiger partial charge in [-0.1, -0.05) is 201 Å². The van der Waals surface area contributed by atoms with Gasteiger partial charge in [-0.3, -0.25) is 0 Å². The summed E-state index contributed by atoms with van der Waals surface area (Å²) in [5.41, 5.74) is 18.3. The molecule has 63 heavy (non-hydrogen) atoms. The highest BCUT2D eigenvalue weighted by molar-refractivity contribution is 6.08. The quantitative estimate of drug-likeness (QED) is 0.151. The first kappa shape index (κ1) is 36.4. The molecule has 300 valence electrons. The molecule has 0 amide bonds. The van der Waals surface area contributed by atoms with Crippen LogP contribution in [0.2, 0.25) is 0 Å². The van der Waals surface area contributed by atoms with Crippen molar-refractivity contribution in [3.05, 3.63) is 257 Å². The Bertz CT molecular complexity index is 3290. The van der Waals surface area contributed by atoms with Gasteiger partial charge in [-0.15, -0.1) is 0 Å². The lowest BCUT2D eigenvalue weighted by Crippen LogP contribution is -2.32. The van der Waals surface area contributed by atoms with Gasteiger partial charge < -0.3 is 4.90 Å². The molecule has 1 unspecified atom stereocenters. The minimum absolute atomic E-state index is 0.0737. The van der Waals surface area contributed by atoms with Crippen LogP contribution in [0.3, 0.4) is 0 Å². The largest absolute Gasteiger partial charge is 0.334 e. The fraction of sp³-hybridized carbons (Fsp3) is 0.129. The van der Waals surface area contributed by atoms with Gasteiger partial charge in [0.15, 0.2) is 0 Å². The predicted molar refractivity (Wildman–Crippen MR) is 264 cm³/mol. The molecule has 9 aromatic rings. The van der Waals surface area contributed by atoms with Gasteiger partial charge in [-0.05, 0) is 138 Å². The highest BCUT2D eigenvalue weighted by Gasteiger charge is 2.47. The van der Waals surface area contributed by atoms with E-state index in [0.717, 1.165) is 6.42 Å². The minimum Gasteiger partial charge on any atom is -0.334 e. The number of allylic oxidation sites excluding steroid dienone is 2. The van der Waals surface area contributed by atoms with Crippen LogP contribution in [-0.2, 0) is 10.8 Å². The van der Waals surface area contributed by atoms with Crippen molar-refractivity contribution in [2.75, 3.05) is 4.90 Å². The van der Waals surface area contributed by atoms with Crippen LogP contribution in [-0.4, -0.2) is 6.04 Å². The van der Waals surface area contributed by atoms with Gasteiger partial charge in [0.05, 0.1) is 11.5 Å². The second-order valence-electron chi connectivity index (χ2n) is 18.2. The zero-order valence-corrected chi connectivity index (χ0v) is 35.3. The molecule has 4 aliphatic rings. The number of hydrogen-bond donors (Lipinski definition) is 0. The highest BCUT2D eigenvalue weighted by Crippen LogP contribution is 2.59. The Labute approximate surface area is 370 Å². The molecule has 1 fully saturated rings. The molecule has 0 aromatic heterocycles. The number of nitrogens with zero attached hydrogens (tertiary/aromatic N) is 1. The van der Waals surface area contributed by atoms with Gasteiger partial charge in [0.1, 0.15) is 0 Å². The van der Waals surface area contributed by atoms with Crippen LogP contribution in [0, 0.1) is 0 Å². The molecule has 0 heterocycles. The standard InChI is InChI=1S/C62H47N/c1-3-18-46(19-4-1)62(47-20-5-2-6-21-47)58-27-12-10-25-53(58)55-35-33-50(41-60(55)62)63(49-32-34-54-52-24-9-11-26-57(52)61(59(54)40-49)36-13-14-37-61)48-22-15-17-44(38-48)45-31-30-43-29-28-42-16-7-8-23-51(42)56(43)39-45/h1-12,15-21,23-35,38-41,48H,13-14,22,36-37H2. The summed E-state index contributed by atoms with van der Waals surface area (Å²) in [5, 5.41) is 5.15. The Balaban J connectivity index is 1.03. The van der Waals surface area contributed by atoms with Crippen molar-refractivity contribution in [1.29, 1.82) is 0 Å². The van der Waals surface area contributed by atoms with Crippen molar-refractivity contribution < 1.29 is 0 Å². The SMILES string of the molecule is C1=CC(c2ccc3ccc4ccccc4c3c2)=CC(N(c2ccc3c(c2)C2(CCCC2)c2ccccc2-3)c2ccc3c(c2)C(c2ccccc2)(c2ccccc2)c2ccccc2-3)C1. The van der Waals surface area contributed by atoms with Crippen LogP contribution in [0.25, 0.3) is 49.4 Å². The fourth-order valence-electron chi connectivity index (χ4n) is 12.4. The van der Waals surface area contributed by atoms with Crippen molar-refractivity contribution in [2.45, 2.75) is 49.0 Å². The van der Waals surface area contributed by atoms with E-state index in [1.54, 1.807) is 0 Å². The molecule has 0 aliphatic heterocycles. The topological polar surface area (TPSA) is 3.24 Å². The Morgan fingerprint density at radius 2 is 0.984 bits per heavy atom. The number of benzene rings is 9. The average molecular weight is 806 g/mol. The van der Waals surface area contributed by atoms with Crippen molar-refractivity contribution in [3.8, 4) is 22.3 Å². The number of anilines is 2. The Hall–Kier alpha value is -7.22. The molecule has 1 atom stereocenters. The van der Waals surface area contributed by atoms with E-state index in [0.29, 0.717) is 0 Å². The molecule has 0 bridgehead atoms. The van der Waals surface area contributed by atoms with Crippen molar-refractivity contribution in [3.63, 3.8) is 0 Å². The summed E-state index contributed by atoms with van der Waals surface area (Å²) in [6.07, 6.45) is 13.2. The summed E-state index contributed by atoms with van der Waals surface area (Å²) in [6.45, 7) is 0. The lowest BCUT2D eigenvalue weighted by molar-refractivity contribution is 0.550. The number of hydrogen-bond acceptors (Lipinski definition) is 1. The normalized spacial score (nSPS) is 17.3. The third kappa shape index (κ3) is 5.36. The summed E-state index contributed by atoms with van der Waals surface area (Å²) >= 11 is 0. The van der Waals surface area contributed by atoms with Gasteiger partial charge in [0, 0.05) is 16.8 Å². The van der Waals surface area contributed by atoms with Crippen LogP contribution >= 0.6 is 0 Å². The highest BCUT2D eigenvalue weighted by atomic mass is 15.2. The average Bonchev–Trinajstić information content (AvgIpc) is 4.04. The van der Waals surface area contributed by atoms with Gasteiger partial charge >= 0.3 is 0 Å². The second-order valence-corrected chi connectivity index (χ2v) is 18.2. The van der Waals surface area contributed by atoms with Crippen molar-refractivity contribution in [2.24, 2.45) is 0 Å². The monoisotopic (exact) mass is 805 g/mol. The molecule has 9 aromatic carbocycles. The van der Waals surface area contributed by atoms with E-state index in [2.05, 4.69) is 223 Å². The molecule has 1 nitrogen and oxygen atoms in total. The first-order valence-corrected chi connectivity index (χ1v) is 22.9. The van der Waals surface area contributed by atoms with E-state index in [1.807, 2.05) is 0 Å². The number of fused-ring (bicyclic) bond motifs is 11. The fourth-order valence-corrected chi connectivity index (χ4v) is 12.4. The van der Waals surface area contributed by atoms with Crippen molar-refractivity contribution >= 4 is 38.5 Å². The predicted octanol–water partition coefficient (Wildman–Crippen LogP) is 15.7. The molecule has 1 heteroatoms. The molecule has 0 N–H and O–H groups in total. The summed E-state index contributed by atoms with van der Waals surface area (Å²) in [5.74, 6) is 0. The Morgan fingerprint density at radius 3 is 1.71 bits per heavy atom. The van der Waals surface area contributed by atoms with E-state index in [1.165, 1.54) is 125 Å². The maximum atomic E-state index is 2.68. The Morgan fingerprint density at radius 1 is 0.429 bits per heavy atom. The first-order valence-electron chi connectivity index (χ1n) is 22.9. The van der Waals surface area contributed by atoms with E-state index in [4.69, 9.17) is 0 Å². The van der Waals surface area contributed by atoms with Crippen molar-refractivity contribution in [1.82, 2.24) is 0 Å². The molecular formula is C62H47N. The third-order valence-electron chi connectivity index (χ3n) is 15.2. The zero-order chi connectivity index (χ0) is 41.5. The van der Waals surface area contributed by atoms with E-state index in [9.17, 15) is 0 Å². The first-order chi connectivity index (χ1) is 31.2. The molecule has 13 rings (SSSR count). The maximum absolute atomic E-state index is 2.68. The van der Waals surface area contributed by atoms with Gasteiger partial charge in [-0.25, -0.2) is 0 Å². The molecule has 1 saturated carbocycles. The van der Waals surface area contributed by atoms with E-state index >= 15 is 0 Å². The van der Waals surface area contributed by atoms with Crippen LogP contribution in [0.15, 0.2) is 218 Å². The molecule has 4 aliphatic carbocycles. The molecule has 1 spiro atoms. The summed E-state index contributed by atoms with van der Waals surface area (Å²) in [7, 11) is 0. The molecule has 0 radical (unpaired) electrons. The maximum Gasteiger partial charge on any atom is 0.0714 e. The third-order valence-corrected chi connectivity index (χ3v) is 15.2. The smallest absolute Gasteiger partial charge is 0.0714 e. The molecular weight excluding hydrogens is 759 g/mol. The van der Waals surface area contributed by atoms with Gasteiger partial charge in [-0.2, -0.15) is 0 Å².